The Balaban J connectivity index is 1.80. The number of hydrogen-bond donors (Lipinski definition) is 2. The maximum absolute atomic E-state index is 12.5. The molecule has 2 aromatic carbocycles. The first-order chi connectivity index (χ1) is 13.0. The van der Waals surface area contributed by atoms with Crippen molar-refractivity contribution in [2.45, 2.75) is 6.42 Å². The van der Waals surface area contributed by atoms with Gasteiger partial charge in [0.05, 0.1) is 21.5 Å². The SMILES string of the molecule is O=c1[nH]nc(-c2ccc(Cl)c([N+](=O)[O-])c2)c2[nH]c3c(c12)Cc1ccccc1-3. The average Bonchev–Trinajstić information content (AvgIpc) is 3.19. The number of nitro benzene ring substituents is 1. The van der Waals surface area contributed by atoms with Gasteiger partial charge in [0.15, 0.2) is 0 Å². The van der Waals surface area contributed by atoms with Gasteiger partial charge in [0.2, 0.25) is 0 Å². The lowest BCUT2D eigenvalue weighted by Crippen LogP contribution is -2.10. The van der Waals surface area contributed by atoms with Crippen LogP contribution in [0.4, 0.5) is 5.69 Å². The van der Waals surface area contributed by atoms with Gasteiger partial charge in [-0.05, 0) is 17.2 Å². The number of nitrogens with zero attached hydrogens (tertiary/aromatic N) is 2. The highest BCUT2D eigenvalue weighted by molar-refractivity contribution is 6.32. The van der Waals surface area contributed by atoms with Gasteiger partial charge in [-0.1, -0.05) is 41.9 Å². The first-order valence-corrected chi connectivity index (χ1v) is 8.58. The van der Waals surface area contributed by atoms with Crippen LogP contribution in [-0.4, -0.2) is 20.1 Å². The third-order valence-electron chi connectivity index (χ3n) is 4.91. The third kappa shape index (κ3) is 2.22. The van der Waals surface area contributed by atoms with Crippen molar-refractivity contribution in [2.75, 3.05) is 0 Å². The second-order valence-electron chi connectivity index (χ2n) is 6.39. The van der Waals surface area contributed by atoms with E-state index in [1.54, 1.807) is 6.07 Å². The van der Waals surface area contributed by atoms with Crippen LogP contribution in [0.25, 0.3) is 33.4 Å². The smallest absolute Gasteiger partial charge is 0.288 e. The highest BCUT2D eigenvalue weighted by atomic mass is 35.5. The number of aromatic amines is 2. The lowest BCUT2D eigenvalue weighted by atomic mass is 10.1. The molecule has 0 unspecified atom stereocenters. The number of nitrogens with one attached hydrogen (secondary N) is 2. The number of halogens is 1. The van der Waals surface area contributed by atoms with E-state index in [2.05, 4.69) is 15.2 Å². The first-order valence-electron chi connectivity index (χ1n) is 8.20. The minimum absolute atomic E-state index is 0.0485. The summed E-state index contributed by atoms with van der Waals surface area (Å²) in [6, 6.07) is 12.4. The van der Waals surface area contributed by atoms with E-state index in [-0.39, 0.29) is 16.3 Å². The summed E-state index contributed by atoms with van der Waals surface area (Å²) in [4.78, 5) is 26.5. The van der Waals surface area contributed by atoms with E-state index in [0.717, 1.165) is 22.4 Å². The van der Waals surface area contributed by atoms with Crippen LogP contribution in [0, 0.1) is 10.1 Å². The summed E-state index contributed by atoms with van der Waals surface area (Å²) in [6.07, 6.45) is 0.652. The molecular formula is C19H11ClN4O3. The van der Waals surface area contributed by atoms with E-state index in [9.17, 15) is 14.9 Å². The third-order valence-corrected chi connectivity index (χ3v) is 5.23. The molecule has 2 aromatic heterocycles. The van der Waals surface area contributed by atoms with E-state index in [1.165, 1.54) is 12.1 Å². The molecule has 5 rings (SSSR count). The summed E-state index contributed by atoms with van der Waals surface area (Å²) in [5.41, 5.74) is 5.02. The Hall–Kier alpha value is -3.45. The van der Waals surface area contributed by atoms with Gasteiger partial charge in [-0.3, -0.25) is 14.9 Å². The van der Waals surface area contributed by atoms with E-state index in [4.69, 9.17) is 11.6 Å². The number of hydrogen-bond acceptors (Lipinski definition) is 4. The standard InChI is InChI=1S/C19H11ClN4O3/c20-13-6-5-10(8-14(13)24(26)27)16-18-15(19(25)23-22-16)12-7-9-3-1-2-4-11(9)17(12)21-18/h1-6,8,21H,7H2,(H,23,25). The highest BCUT2D eigenvalue weighted by Gasteiger charge is 2.26. The summed E-state index contributed by atoms with van der Waals surface area (Å²) in [5.74, 6) is 0. The second-order valence-corrected chi connectivity index (χ2v) is 6.79. The van der Waals surface area contributed by atoms with Crippen LogP contribution in [0.5, 0.6) is 0 Å². The van der Waals surface area contributed by atoms with Crippen molar-refractivity contribution in [3.63, 3.8) is 0 Å². The molecule has 0 atom stereocenters. The molecule has 7 nitrogen and oxygen atoms in total. The number of nitro groups is 1. The Bertz CT molecular complexity index is 1320. The van der Waals surface area contributed by atoms with Crippen molar-refractivity contribution >= 4 is 28.2 Å². The van der Waals surface area contributed by atoms with Gasteiger partial charge >= 0.3 is 0 Å². The summed E-state index contributed by atoms with van der Waals surface area (Å²) < 4.78 is 0. The summed E-state index contributed by atoms with van der Waals surface area (Å²) in [7, 11) is 0. The molecule has 27 heavy (non-hydrogen) atoms. The fraction of sp³-hybridized carbons (Fsp3) is 0.0526. The minimum atomic E-state index is -0.542. The van der Waals surface area contributed by atoms with Crippen LogP contribution in [0.3, 0.4) is 0 Å². The summed E-state index contributed by atoms with van der Waals surface area (Å²) in [6.45, 7) is 0. The van der Waals surface area contributed by atoms with Crippen LogP contribution in [0.2, 0.25) is 5.02 Å². The molecule has 0 amide bonds. The Labute approximate surface area is 156 Å². The van der Waals surface area contributed by atoms with Crippen molar-refractivity contribution in [3.8, 4) is 22.5 Å². The van der Waals surface area contributed by atoms with Crippen LogP contribution < -0.4 is 5.56 Å². The van der Waals surface area contributed by atoms with Crippen LogP contribution in [0.1, 0.15) is 11.1 Å². The van der Waals surface area contributed by atoms with Gasteiger partial charge in [0.1, 0.15) is 10.7 Å². The van der Waals surface area contributed by atoms with Gasteiger partial charge in [0.25, 0.3) is 11.2 Å². The highest BCUT2D eigenvalue weighted by Crippen LogP contribution is 2.41. The number of aromatic nitrogens is 3. The second kappa shape index (κ2) is 5.52. The monoisotopic (exact) mass is 378 g/mol. The van der Waals surface area contributed by atoms with E-state index in [0.29, 0.717) is 28.6 Å². The van der Waals surface area contributed by atoms with E-state index < -0.39 is 4.92 Å². The molecule has 0 aliphatic heterocycles. The number of rotatable bonds is 2. The molecular weight excluding hydrogens is 368 g/mol. The molecule has 8 heteroatoms. The summed E-state index contributed by atoms with van der Waals surface area (Å²) in [5, 5.41) is 18.4. The van der Waals surface area contributed by atoms with Crippen LogP contribution in [0.15, 0.2) is 47.3 Å². The molecule has 1 aliphatic carbocycles. The van der Waals surface area contributed by atoms with E-state index in [1.807, 2.05) is 24.3 Å². The zero-order valence-corrected chi connectivity index (χ0v) is 14.5. The van der Waals surface area contributed by atoms with Gasteiger partial charge in [-0.25, -0.2) is 5.10 Å². The van der Waals surface area contributed by atoms with Gasteiger partial charge < -0.3 is 4.98 Å². The normalized spacial score (nSPS) is 12.2. The molecule has 0 radical (unpaired) electrons. The van der Waals surface area contributed by atoms with Crippen molar-refractivity contribution in [1.82, 2.24) is 15.2 Å². The topological polar surface area (TPSA) is 105 Å². The molecule has 0 fully saturated rings. The quantitative estimate of drug-likeness (QED) is 0.357. The molecule has 0 bridgehead atoms. The molecule has 4 aromatic rings. The Kier molecular flexibility index (Phi) is 3.23. The minimum Gasteiger partial charge on any atom is -0.352 e. The lowest BCUT2D eigenvalue weighted by molar-refractivity contribution is -0.384. The predicted molar refractivity (Wildman–Crippen MR) is 102 cm³/mol. The zero-order chi connectivity index (χ0) is 18.7. The summed E-state index contributed by atoms with van der Waals surface area (Å²) >= 11 is 5.91. The largest absolute Gasteiger partial charge is 0.352 e. The molecule has 0 saturated carbocycles. The fourth-order valence-electron chi connectivity index (χ4n) is 3.71. The van der Waals surface area contributed by atoms with Crippen molar-refractivity contribution in [3.05, 3.63) is 79.1 Å². The Morgan fingerprint density at radius 2 is 2.00 bits per heavy atom. The van der Waals surface area contributed by atoms with Gasteiger partial charge in [0, 0.05) is 23.6 Å². The van der Waals surface area contributed by atoms with Crippen LogP contribution in [-0.2, 0) is 6.42 Å². The molecule has 132 valence electrons. The number of H-pyrrole nitrogens is 2. The Morgan fingerprint density at radius 3 is 2.81 bits per heavy atom. The van der Waals surface area contributed by atoms with E-state index >= 15 is 0 Å². The molecule has 2 heterocycles. The van der Waals surface area contributed by atoms with Gasteiger partial charge in [-0.15, -0.1) is 0 Å². The molecule has 0 saturated heterocycles. The number of benzene rings is 2. The average molecular weight is 379 g/mol. The van der Waals surface area contributed by atoms with Crippen LogP contribution >= 0.6 is 11.6 Å². The fourth-order valence-corrected chi connectivity index (χ4v) is 3.90. The number of fused-ring (bicyclic) bond motifs is 5. The molecule has 0 spiro atoms. The zero-order valence-electron chi connectivity index (χ0n) is 13.7. The van der Waals surface area contributed by atoms with Crippen molar-refractivity contribution in [1.29, 1.82) is 0 Å². The van der Waals surface area contributed by atoms with Gasteiger partial charge in [-0.2, -0.15) is 5.10 Å². The van der Waals surface area contributed by atoms with Crippen molar-refractivity contribution in [2.24, 2.45) is 0 Å². The predicted octanol–water partition coefficient (Wildman–Crippen LogP) is 4.05. The lowest BCUT2D eigenvalue weighted by Gasteiger charge is -2.04. The molecule has 2 N–H and O–H groups in total. The Morgan fingerprint density at radius 1 is 1.19 bits per heavy atom. The molecule has 1 aliphatic rings. The van der Waals surface area contributed by atoms with Crippen molar-refractivity contribution < 1.29 is 4.92 Å². The maximum atomic E-state index is 12.5. The first kappa shape index (κ1) is 15.8. The maximum Gasteiger partial charge on any atom is 0.288 e.